The van der Waals surface area contributed by atoms with Crippen molar-refractivity contribution in [1.82, 2.24) is 0 Å². The van der Waals surface area contributed by atoms with Crippen molar-refractivity contribution in [2.75, 3.05) is 0 Å². The number of hydrogen-bond acceptors (Lipinski definition) is 2. The highest BCUT2D eigenvalue weighted by molar-refractivity contribution is 8.00. The summed E-state index contributed by atoms with van der Waals surface area (Å²) in [5, 5.41) is 0.646. The lowest BCUT2D eigenvalue weighted by Crippen LogP contribution is -2.27. The van der Waals surface area contributed by atoms with Crippen LogP contribution in [0.4, 0.5) is 0 Å². The summed E-state index contributed by atoms with van der Waals surface area (Å²) in [5.74, 6) is 0. The fraction of sp³-hybridized carbons (Fsp3) is 0.333. The number of nitrogens with two attached hydrogens (primary N) is 1. The van der Waals surface area contributed by atoms with E-state index in [1.165, 1.54) is 28.0 Å². The zero-order valence-corrected chi connectivity index (χ0v) is 12.7. The highest BCUT2D eigenvalue weighted by Crippen LogP contribution is 2.38. The van der Waals surface area contributed by atoms with Crippen molar-refractivity contribution in [3.8, 4) is 0 Å². The van der Waals surface area contributed by atoms with E-state index >= 15 is 0 Å². The number of aryl methyl sites for hydroxylation is 1. The Morgan fingerprint density at radius 1 is 1.20 bits per heavy atom. The van der Waals surface area contributed by atoms with Crippen LogP contribution >= 0.6 is 11.8 Å². The quantitative estimate of drug-likeness (QED) is 0.918. The molecule has 0 saturated carbocycles. The molecule has 1 aliphatic rings. The van der Waals surface area contributed by atoms with E-state index in [0.717, 1.165) is 12.8 Å². The van der Waals surface area contributed by atoms with Crippen molar-refractivity contribution in [2.45, 2.75) is 42.4 Å². The molecule has 0 fully saturated rings. The van der Waals surface area contributed by atoms with Gasteiger partial charge in [-0.3, -0.25) is 0 Å². The summed E-state index contributed by atoms with van der Waals surface area (Å²) in [6.45, 7) is 2.14. The SMILES string of the molecule is Cc1cccc(CC(N)CC2Cc3ccccc3S2)c1. The van der Waals surface area contributed by atoms with E-state index < -0.39 is 0 Å². The fourth-order valence-corrected chi connectivity index (χ4v) is 4.37. The van der Waals surface area contributed by atoms with Gasteiger partial charge in [-0.15, -0.1) is 11.8 Å². The molecule has 2 aromatic rings. The molecule has 2 atom stereocenters. The standard InChI is InChI=1S/C18H21NS/c1-13-5-4-6-14(9-13)10-16(19)12-17-11-15-7-2-3-8-18(15)20-17/h2-9,16-17H,10-12,19H2,1H3. The topological polar surface area (TPSA) is 26.0 Å². The molecule has 20 heavy (non-hydrogen) atoms. The lowest BCUT2D eigenvalue weighted by molar-refractivity contribution is 0.594. The molecule has 2 aromatic carbocycles. The molecule has 2 heteroatoms. The Bertz CT molecular complexity index is 568. The van der Waals surface area contributed by atoms with Crippen LogP contribution in [0.1, 0.15) is 23.1 Å². The summed E-state index contributed by atoms with van der Waals surface area (Å²) in [4.78, 5) is 1.44. The van der Waals surface area contributed by atoms with Crippen LogP contribution < -0.4 is 5.73 Å². The molecule has 0 spiro atoms. The fourth-order valence-electron chi connectivity index (χ4n) is 2.95. The number of rotatable bonds is 4. The summed E-state index contributed by atoms with van der Waals surface area (Å²) in [5.41, 5.74) is 10.5. The van der Waals surface area contributed by atoms with Crippen molar-refractivity contribution in [3.63, 3.8) is 0 Å². The van der Waals surface area contributed by atoms with Crippen LogP contribution in [-0.2, 0) is 12.8 Å². The molecule has 0 bridgehead atoms. The highest BCUT2D eigenvalue weighted by Gasteiger charge is 2.23. The Balaban J connectivity index is 1.57. The molecule has 3 rings (SSSR count). The first-order valence-electron chi connectivity index (χ1n) is 7.26. The molecule has 2 unspecified atom stereocenters. The molecule has 1 nitrogen and oxygen atoms in total. The van der Waals surface area contributed by atoms with Crippen LogP contribution in [0.5, 0.6) is 0 Å². The van der Waals surface area contributed by atoms with E-state index in [9.17, 15) is 0 Å². The molecular formula is C18H21NS. The first-order valence-corrected chi connectivity index (χ1v) is 8.14. The minimum atomic E-state index is 0.253. The number of hydrogen-bond donors (Lipinski definition) is 1. The third-order valence-corrected chi connectivity index (χ3v) is 5.20. The average molecular weight is 283 g/mol. The normalized spacial score (nSPS) is 18.8. The van der Waals surface area contributed by atoms with Crippen LogP contribution in [-0.4, -0.2) is 11.3 Å². The number of fused-ring (bicyclic) bond motifs is 1. The third kappa shape index (κ3) is 3.25. The second kappa shape index (κ2) is 6.02. The highest BCUT2D eigenvalue weighted by atomic mass is 32.2. The van der Waals surface area contributed by atoms with Crippen molar-refractivity contribution in [1.29, 1.82) is 0 Å². The van der Waals surface area contributed by atoms with E-state index in [2.05, 4.69) is 55.5 Å². The van der Waals surface area contributed by atoms with Crippen molar-refractivity contribution in [3.05, 3.63) is 65.2 Å². The summed E-state index contributed by atoms with van der Waals surface area (Å²) in [6, 6.07) is 17.7. The van der Waals surface area contributed by atoms with E-state index in [0.29, 0.717) is 5.25 Å². The Kier molecular flexibility index (Phi) is 4.13. The maximum atomic E-state index is 6.36. The molecule has 0 radical (unpaired) electrons. The van der Waals surface area contributed by atoms with Gasteiger partial charge in [-0.2, -0.15) is 0 Å². The van der Waals surface area contributed by atoms with Gasteiger partial charge in [0, 0.05) is 16.2 Å². The minimum absolute atomic E-state index is 0.253. The van der Waals surface area contributed by atoms with Crippen molar-refractivity contribution >= 4 is 11.8 Å². The summed E-state index contributed by atoms with van der Waals surface area (Å²) in [6.07, 6.45) is 3.24. The predicted octanol–water partition coefficient (Wildman–Crippen LogP) is 3.97. The van der Waals surface area contributed by atoms with Gasteiger partial charge in [0.2, 0.25) is 0 Å². The van der Waals surface area contributed by atoms with E-state index in [4.69, 9.17) is 5.73 Å². The molecule has 0 saturated heterocycles. The van der Waals surface area contributed by atoms with Gasteiger partial charge >= 0.3 is 0 Å². The molecule has 1 aliphatic heterocycles. The molecular weight excluding hydrogens is 262 g/mol. The van der Waals surface area contributed by atoms with Crippen LogP contribution in [0, 0.1) is 6.92 Å². The van der Waals surface area contributed by atoms with Crippen LogP contribution in [0.25, 0.3) is 0 Å². The molecule has 104 valence electrons. The van der Waals surface area contributed by atoms with E-state index in [1.807, 2.05) is 11.8 Å². The Morgan fingerprint density at radius 3 is 2.85 bits per heavy atom. The van der Waals surface area contributed by atoms with E-state index in [-0.39, 0.29) is 6.04 Å². The van der Waals surface area contributed by atoms with Crippen LogP contribution in [0.15, 0.2) is 53.4 Å². The predicted molar refractivity (Wildman–Crippen MR) is 87.3 cm³/mol. The van der Waals surface area contributed by atoms with Gasteiger partial charge in [0.1, 0.15) is 0 Å². The summed E-state index contributed by atoms with van der Waals surface area (Å²) >= 11 is 2.00. The molecule has 0 aliphatic carbocycles. The molecule has 1 heterocycles. The summed E-state index contributed by atoms with van der Waals surface area (Å²) < 4.78 is 0. The van der Waals surface area contributed by atoms with E-state index in [1.54, 1.807) is 0 Å². The Morgan fingerprint density at radius 2 is 2.05 bits per heavy atom. The largest absolute Gasteiger partial charge is 0.327 e. The zero-order chi connectivity index (χ0) is 13.9. The van der Waals surface area contributed by atoms with Gasteiger partial charge in [-0.05, 0) is 43.4 Å². The Hall–Kier alpha value is -1.25. The molecule has 2 N–H and O–H groups in total. The zero-order valence-electron chi connectivity index (χ0n) is 11.9. The maximum Gasteiger partial charge on any atom is 0.0150 e. The van der Waals surface area contributed by atoms with Gasteiger partial charge in [0.15, 0.2) is 0 Å². The summed E-state index contributed by atoms with van der Waals surface area (Å²) in [7, 11) is 0. The smallest absolute Gasteiger partial charge is 0.0150 e. The van der Waals surface area contributed by atoms with Gasteiger partial charge in [-0.1, -0.05) is 48.0 Å². The Labute approximate surface area is 125 Å². The maximum absolute atomic E-state index is 6.36. The lowest BCUT2D eigenvalue weighted by atomic mass is 9.99. The number of benzene rings is 2. The first kappa shape index (κ1) is 13.7. The second-order valence-electron chi connectivity index (χ2n) is 5.74. The number of thioether (sulfide) groups is 1. The third-order valence-electron chi connectivity index (χ3n) is 3.86. The molecule has 0 amide bonds. The van der Waals surface area contributed by atoms with Crippen LogP contribution in [0.2, 0.25) is 0 Å². The van der Waals surface area contributed by atoms with Crippen molar-refractivity contribution in [2.24, 2.45) is 5.73 Å². The monoisotopic (exact) mass is 283 g/mol. The van der Waals surface area contributed by atoms with Crippen LogP contribution in [0.3, 0.4) is 0 Å². The van der Waals surface area contributed by atoms with Crippen molar-refractivity contribution < 1.29 is 0 Å². The first-order chi connectivity index (χ1) is 9.70. The minimum Gasteiger partial charge on any atom is -0.327 e. The molecule has 0 aromatic heterocycles. The lowest BCUT2D eigenvalue weighted by Gasteiger charge is -2.16. The van der Waals surface area contributed by atoms with Gasteiger partial charge in [0.05, 0.1) is 0 Å². The van der Waals surface area contributed by atoms with Gasteiger partial charge < -0.3 is 5.73 Å². The van der Waals surface area contributed by atoms with Gasteiger partial charge in [-0.25, -0.2) is 0 Å². The average Bonchev–Trinajstić information content (AvgIpc) is 2.80. The van der Waals surface area contributed by atoms with Gasteiger partial charge in [0.25, 0.3) is 0 Å². The second-order valence-corrected chi connectivity index (χ2v) is 7.08.